The molecule has 0 bridgehead atoms. The second kappa shape index (κ2) is 7.69. The number of aromatic nitrogens is 2. The lowest BCUT2D eigenvalue weighted by Crippen LogP contribution is -2.18. The molecule has 0 aliphatic rings. The molecule has 0 radical (unpaired) electrons. The molecule has 3 heterocycles. The fraction of sp³-hybridized carbons (Fsp3) is 0.0952. The first-order valence-electron chi connectivity index (χ1n) is 8.66. The zero-order valence-corrected chi connectivity index (χ0v) is 17.7. The molecule has 0 atom stereocenters. The van der Waals surface area contributed by atoms with Gasteiger partial charge in [-0.05, 0) is 55.3 Å². The number of fused-ring (bicyclic) bond motifs is 1. The van der Waals surface area contributed by atoms with Crippen LogP contribution in [0.3, 0.4) is 0 Å². The molecule has 140 valence electrons. The summed E-state index contributed by atoms with van der Waals surface area (Å²) in [5, 5.41) is 5.11. The molecule has 28 heavy (non-hydrogen) atoms. The summed E-state index contributed by atoms with van der Waals surface area (Å²) >= 11 is 4.78. The van der Waals surface area contributed by atoms with E-state index < -0.39 is 0 Å². The van der Waals surface area contributed by atoms with E-state index in [9.17, 15) is 4.79 Å². The molecular weight excluding hydrogens is 436 g/mol. The Morgan fingerprint density at radius 3 is 2.64 bits per heavy atom. The Morgan fingerprint density at radius 1 is 1.21 bits per heavy atom. The van der Waals surface area contributed by atoms with E-state index in [4.69, 9.17) is 0 Å². The number of hydrogen-bond acceptors (Lipinski definition) is 4. The molecule has 0 unspecified atom stereocenters. The van der Waals surface area contributed by atoms with Crippen molar-refractivity contribution < 1.29 is 4.79 Å². The predicted octanol–water partition coefficient (Wildman–Crippen LogP) is 5.23. The molecule has 1 amide bonds. The van der Waals surface area contributed by atoms with Crippen LogP contribution < -0.4 is 5.43 Å². The molecule has 0 saturated heterocycles. The average molecular weight is 453 g/mol. The molecule has 7 heteroatoms. The monoisotopic (exact) mass is 452 g/mol. The Labute approximate surface area is 174 Å². The Hall–Kier alpha value is -2.77. The van der Waals surface area contributed by atoms with Crippen molar-refractivity contribution in [1.82, 2.24) is 15.0 Å². The zero-order chi connectivity index (χ0) is 19.7. The number of hydrazone groups is 1. The van der Waals surface area contributed by atoms with Gasteiger partial charge in [0.05, 0.1) is 11.9 Å². The third-order valence-electron chi connectivity index (χ3n) is 4.28. The van der Waals surface area contributed by atoms with E-state index in [1.54, 1.807) is 6.21 Å². The third-order valence-corrected chi connectivity index (χ3v) is 5.88. The smallest absolute Gasteiger partial charge is 0.283 e. The Kier molecular flexibility index (Phi) is 5.11. The van der Waals surface area contributed by atoms with Gasteiger partial charge >= 0.3 is 0 Å². The number of aryl methyl sites for hydroxylation is 2. The number of thiophene rings is 1. The highest BCUT2D eigenvalue weighted by atomic mass is 79.9. The third kappa shape index (κ3) is 3.63. The molecule has 0 saturated carbocycles. The quantitative estimate of drug-likeness (QED) is 0.340. The maximum absolute atomic E-state index is 12.9. The van der Waals surface area contributed by atoms with Crippen LogP contribution in [-0.2, 0) is 0 Å². The Balaban J connectivity index is 1.71. The van der Waals surface area contributed by atoms with Crippen molar-refractivity contribution in [2.45, 2.75) is 13.8 Å². The second-order valence-corrected chi connectivity index (χ2v) is 8.30. The number of nitrogens with one attached hydrogen (secondary N) is 1. The van der Waals surface area contributed by atoms with Gasteiger partial charge in [0.25, 0.3) is 5.91 Å². The van der Waals surface area contributed by atoms with Gasteiger partial charge in [-0.15, -0.1) is 11.3 Å². The lowest BCUT2D eigenvalue weighted by Gasteiger charge is -2.07. The molecule has 1 N–H and O–H groups in total. The second-order valence-electron chi connectivity index (χ2n) is 6.38. The van der Waals surface area contributed by atoms with Gasteiger partial charge < -0.3 is 4.57 Å². The summed E-state index contributed by atoms with van der Waals surface area (Å²) in [6.45, 7) is 4.01. The molecule has 0 spiro atoms. The lowest BCUT2D eigenvalue weighted by molar-refractivity contribution is 0.0959. The van der Waals surface area contributed by atoms with Crippen molar-refractivity contribution in [1.29, 1.82) is 0 Å². The predicted molar refractivity (Wildman–Crippen MR) is 118 cm³/mol. The largest absolute Gasteiger partial charge is 0.322 e. The zero-order valence-electron chi connectivity index (χ0n) is 15.3. The van der Waals surface area contributed by atoms with Gasteiger partial charge in [0.15, 0.2) is 0 Å². The molecule has 3 aromatic heterocycles. The number of amides is 1. The van der Waals surface area contributed by atoms with Crippen LogP contribution in [0.1, 0.15) is 26.5 Å². The van der Waals surface area contributed by atoms with Gasteiger partial charge in [0.1, 0.15) is 9.71 Å². The van der Waals surface area contributed by atoms with Crippen molar-refractivity contribution >= 4 is 49.6 Å². The summed E-state index contributed by atoms with van der Waals surface area (Å²) in [7, 11) is 0. The summed E-state index contributed by atoms with van der Waals surface area (Å²) < 4.78 is 2.95. The van der Waals surface area contributed by atoms with Crippen molar-refractivity contribution in [3.05, 3.63) is 81.0 Å². The van der Waals surface area contributed by atoms with Crippen molar-refractivity contribution in [2.24, 2.45) is 5.10 Å². The topological polar surface area (TPSA) is 59.3 Å². The van der Waals surface area contributed by atoms with Crippen LogP contribution in [0.15, 0.2) is 64.4 Å². The highest BCUT2D eigenvalue weighted by Crippen LogP contribution is 2.35. The summed E-state index contributed by atoms with van der Waals surface area (Å²) in [6.07, 6.45) is 5.49. The number of carbonyl (C=O) groups is 1. The van der Waals surface area contributed by atoms with Gasteiger partial charge in [-0.2, -0.15) is 5.10 Å². The van der Waals surface area contributed by atoms with E-state index in [1.807, 2.05) is 73.3 Å². The number of pyridine rings is 1. The first-order valence-corrected chi connectivity index (χ1v) is 10.3. The van der Waals surface area contributed by atoms with E-state index in [-0.39, 0.29) is 5.91 Å². The van der Waals surface area contributed by atoms with Crippen LogP contribution in [0.2, 0.25) is 0 Å². The number of carbonyl (C=O) groups excluding carboxylic acids is 1. The van der Waals surface area contributed by atoms with E-state index in [0.717, 1.165) is 37.2 Å². The van der Waals surface area contributed by atoms with Crippen molar-refractivity contribution in [2.75, 3.05) is 0 Å². The summed E-state index contributed by atoms with van der Waals surface area (Å²) in [5.41, 5.74) is 6.42. The summed E-state index contributed by atoms with van der Waals surface area (Å²) in [6, 6.07) is 13.6. The number of halogens is 1. The number of hydrogen-bond donors (Lipinski definition) is 1. The molecule has 4 rings (SSSR count). The first kappa shape index (κ1) is 18.6. The van der Waals surface area contributed by atoms with E-state index in [2.05, 4.69) is 31.4 Å². The van der Waals surface area contributed by atoms with Gasteiger partial charge in [0, 0.05) is 27.9 Å². The summed E-state index contributed by atoms with van der Waals surface area (Å²) in [4.78, 5) is 19.0. The standard InChI is InChI=1S/C21H17BrN4OS/c1-13-11-14(2)24-21-17(13)18(26-9-3-4-10-26)19(28-21)20(27)25-23-12-15-5-7-16(22)8-6-15/h3-12H,1-2H3,(H,25,27). The number of nitrogens with zero attached hydrogens (tertiary/aromatic N) is 3. The summed E-state index contributed by atoms with van der Waals surface area (Å²) in [5.74, 6) is -0.253. The minimum atomic E-state index is -0.253. The molecule has 4 aromatic rings. The average Bonchev–Trinajstić information content (AvgIpc) is 3.30. The first-order chi connectivity index (χ1) is 13.5. The van der Waals surface area contributed by atoms with Crippen LogP contribution in [0, 0.1) is 13.8 Å². The van der Waals surface area contributed by atoms with E-state index in [1.165, 1.54) is 11.3 Å². The Morgan fingerprint density at radius 2 is 1.93 bits per heavy atom. The minimum Gasteiger partial charge on any atom is -0.322 e. The number of benzene rings is 1. The lowest BCUT2D eigenvalue weighted by atomic mass is 10.1. The molecule has 0 aliphatic carbocycles. The van der Waals surface area contributed by atoms with Gasteiger partial charge in [-0.25, -0.2) is 10.4 Å². The fourth-order valence-electron chi connectivity index (χ4n) is 3.07. The van der Waals surface area contributed by atoms with Gasteiger partial charge in [-0.1, -0.05) is 28.1 Å². The molecule has 1 aromatic carbocycles. The van der Waals surface area contributed by atoms with Crippen molar-refractivity contribution in [3.8, 4) is 5.69 Å². The van der Waals surface area contributed by atoms with Crippen LogP contribution in [-0.4, -0.2) is 21.7 Å². The van der Waals surface area contributed by atoms with Gasteiger partial charge in [0.2, 0.25) is 0 Å². The SMILES string of the molecule is Cc1cc(C)c2c(-n3cccc3)c(C(=O)NN=Cc3ccc(Br)cc3)sc2n1. The molecule has 0 fully saturated rings. The number of rotatable bonds is 4. The molecule has 0 aliphatic heterocycles. The fourth-order valence-corrected chi connectivity index (χ4v) is 4.52. The maximum Gasteiger partial charge on any atom is 0.283 e. The highest BCUT2D eigenvalue weighted by Gasteiger charge is 2.21. The van der Waals surface area contributed by atoms with Crippen LogP contribution in [0.4, 0.5) is 0 Å². The van der Waals surface area contributed by atoms with E-state index >= 15 is 0 Å². The highest BCUT2D eigenvalue weighted by molar-refractivity contribution is 9.10. The van der Waals surface area contributed by atoms with Crippen molar-refractivity contribution in [3.63, 3.8) is 0 Å². The Bertz CT molecular complexity index is 1180. The van der Waals surface area contributed by atoms with Crippen LogP contribution in [0.5, 0.6) is 0 Å². The minimum absolute atomic E-state index is 0.253. The van der Waals surface area contributed by atoms with Gasteiger partial charge in [-0.3, -0.25) is 4.79 Å². The maximum atomic E-state index is 12.9. The normalized spacial score (nSPS) is 11.4. The van der Waals surface area contributed by atoms with E-state index in [0.29, 0.717) is 4.88 Å². The van der Waals surface area contributed by atoms with Crippen LogP contribution >= 0.6 is 27.3 Å². The molecule has 5 nitrogen and oxygen atoms in total. The molecular formula is C21H17BrN4OS. The van der Waals surface area contributed by atoms with Crippen LogP contribution in [0.25, 0.3) is 15.9 Å².